The van der Waals surface area contributed by atoms with Crippen molar-refractivity contribution in [1.82, 2.24) is 0 Å². The van der Waals surface area contributed by atoms with Gasteiger partial charge in [0.1, 0.15) is 11.6 Å². The Kier molecular flexibility index (Phi) is 3.77. The summed E-state index contributed by atoms with van der Waals surface area (Å²) in [5.74, 6) is 2.91. The number of aliphatic hydroxyl groups is 1. The number of fused-ring (bicyclic) bond motifs is 5. The molecule has 0 unspecified atom stereocenters. The Morgan fingerprint density at radius 2 is 1.88 bits per heavy atom. The lowest BCUT2D eigenvalue weighted by molar-refractivity contribution is -0.170. The van der Waals surface area contributed by atoms with Crippen LogP contribution >= 0.6 is 0 Å². The van der Waals surface area contributed by atoms with E-state index in [2.05, 4.69) is 13.8 Å². The Morgan fingerprint density at radius 1 is 1.12 bits per heavy atom. The van der Waals surface area contributed by atoms with Crippen molar-refractivity contribution < 1.29 is 14.7 Å². The summed E-state index contributed by atoms with van der Waals surface area (Å²) in [6.07, 6.45) is 7.36. The number of hydrogen-bond donors (Lipinski definition) is 1. The van der Waals surface area contributed by atoms with Gasteiger partial charge in [-0.1, -0.05) is 13.8 Å². The Balaban J connectivity index is 1.67. The predicted octanol–water partition coefficient (Wildman–Crippen LogP) is 3.77. The molecule has 4 aliphatic carbocycles. The van der Waals surface area contributed by atoms with E-state index in [4.69, 9.17) is 0 Å². The third-order valence-electron chi connectivity index (χ3n) is 9.08. The number of aliphatic hydroxyl groups excluding tert-OH is 1. The van der Waals surface area contributed by atoms with Gasteiger partial charge in [-0.3, -0.25) is 9.59 Å². The average molecular weight is 332 g/mol. The maximum atomic E-state index is 12.2. The maximum Gasteiger partial charge on any atom is 0.133 e. The van der Waals surface area contributed by atoms with E-state index in [9.17, 15) is 14.7 Å². The van der Waals surface area contributed by atoms with Crippen LogP contribution in [0.5, 0.6) is 0 Å². The van der Waals surface area contributed by atoms with Gasteiger partial charge in [-0.2, -0.15) is 0 Å². The van der Waals surface area contributed by atoms with Crippen LogP contribution in [0.2, 0.25) is 0 Å². The van der Waals surface area contributed by atoms with Gasteiger partial charge in [-0.05, 0) is 74.5 Å². The Hall–Kier alpha value is -0.700. The summed E-state index contributed by atoms with van der Waals surface area (Å²) in [5.41, 5.74) is -0.00582. The zero-order chi connectivity index (χ0) is 17.3. The van der Waals surface area contributed by atoms with Gasteiger partial charge in [-0.25, -0.2) is 0 Å². The van der Waals surface area contributed by atoms with Gasteiger partial charge < -0.3 is 5.11 Å². The summed E-state index contributed by atoms with van der Waals surface area (Å²) >= 11 is 0. The van der Waals surface area contributed by atoms with Crippen LogP contribution in [0.25, 0.3) is 0 Å². The molecule has 0 saturated heterocycles. The number of rotatable bonds is 1. The van der Waals surface area contributed by atoms with E-state index in [1.165, 1.54) is 6.42 Å². The van der Waals surface area contributed by atoms with Crippen LogP contribution in [0, 0.1) is 40.4 Å². The van der Waals surface area contributed by atoms with Crippen LogP contribution in [0.3, 0.4) is 0 Å². The summed E-state index contributed by atoms with van der Waals surface area (Å²) in [4.78, 5) is 24.1. The minimum absolute atomic E-state index is 0.0388. The second kappa shape index (κ2) is 5.40. The second-order valence-corrected chi connectivity index (χ2v) is 9.76. The summed E-state index contributed by atoms with van der Waals surface area (Å²) in [6, 6.07) is 0. The zero-order valence-corrected chi connectivity index (χ0v) is 15.4. The third kappa shape index (κ3) is 2.06. The van der Waals surface area contributed by atoms with Crippen LogP contribution in [-0.4, -0.2) is 22.8 Å². The monoisotopic (exact) mass is 332 g/mol. The number of ketones is 2. The smallest absolute Gasteiger partial charge is 0.133 e. The molecule has 0 aromatic rings. The topological polar surface area (TPSA) is 54.4 Å². The molecule has 0 spiro atoms. The van der Waals surface area contributed by atoms with Crippen LogP contribution in [0.1, 0.15) is 72.1 Å². The molecule has 0 aromatic carbocycles. The van der Waals surface area contributed by atoms with E-state index in [1.807, 2.05) is 0 Å². The Morgan fingerprint density at radius 3 is 2.58 bits per heavy atom. The largest absolute Gasteiger partial charge is 0.393 e. The SMILES string of the molecule is CC(=O)[C@@H]1CC[C@@H]2[C@H]3CC[C@H]4CC(=O)CC[C@]4(C)[C@@H]3C[C@@H](O)[C@@]21C. The van der Waals surface area contributed by atoms with Crippen molar-refractivity contribution in [2.75, 3.05) is 0 Å². The minimum atomic E-state index is -0.367. The first-order valence-electron chi connectivity index (χ1n) is 9.98. The van der Waals surface area contributed by atoms with Crippen molar-refractivity contribution in [2.45, 2.75) is 78.2 Å². The molecule has 0 aliphatic heterocycles. The lowest BCUT2D eigenvalue weighted by Crippen LogP contribution is -2.58. The molecule has 0 heterocycles. The highest BCUT2D eigenvalue weighted by Crippen LogP contribution is 2.67. The average Bonchev–Trinajstić information content (AvgIpc) is 2.88. The van der Waals surface area contributed by atoms with Crippen LogP contribution < -0.4 is 0 Å². The highest BCUT2D eigenvalue weighted by atomic mass is 16.3. The van der Waals surface area contributed by atoms with Crippen LogP contribution in [0.4, 0.5) is 0 Å². The number of hydrogen-bond acceptors (Lipinski definition) is 3. The fourth-order valence-electron chi connectivity index (χ4n) is 7.67. The summed E-state index contributed by atoms with van der Waals surface area (Å²) in [5, 5.41) is 11.1. The molecule has 1 N–H and O–H groups in total. The van der Waals surface area contributed by atoms with Gasteiger partial charge in [0.15, 0.2) is 0 Å². The van der Waals surface area contributed by atoms with Gasteiger partial charge in [0.2, 0.25) is 0 Å². The van der Waals surface area contributed by atoms with E-state index in [1.54, 1.807) is 6.92 Å². The zero-order valence-electron chi connectivity index (χ0n) is 15.4. The first-order chi connectivity index (χ1) is 11.3. The van der Waals surface area contributed by atoms with Crippen LogP contribution in [-0.2, 0) is 9.59 Å². The molecule has 0 aromatic heterocycles. The maximum absolute atomic E-state index is 12.2. The van der Waals surface area contributed by atoms with Gasteiger partial charge in [0, 0.05) is 24.2 Å². The molecule has 134 valence electrons. The molecule has 4 saturated carbocycles. The van der Waals surface area contributed by atoms with Crippen molar-refractivity contribution in [3.8, 4) is 0 Å². The number of carbonyl (C=O) groups excluding carboxylic acids is 2. The van der Waals surface area contributed by atoms with Crippen molar-refractivity contribution in [3.63, 3.8) is 0 Å². The lowest BCUT2D eigenvalue weighted by atomic mass is 9.44. The molecular formula is C21H32O3. The summed E-state index contributed by atoms with van der Waals surface area (Å²) in [6.45, 7) is 6.30. The Labute approximate surface area is 145 Å². The predicted molar refractivity (Wildman–Crippen MR) is 92.3 cm³/mol. The van der Waals surface area contributed by atoms with Crippen molar-refractivity contribution in [1.29, 1.82) is 0 Å². The molecule has 24 heavy (non-hydrogen) atoms. The standard InChI is InChI=1S/C21H32O3/c1-12(22)16-6-7-17-15-5-4-13-10-14(23)8-9-20(13,2)18(15)11-19(24)21(16,17)3/h13,15-19,24H,4-11H2,1-3H3/t13-,15+,16-,17+,18+,19+,20-,21+/m0/s1. The molecule has 0 radical (unpaired) electrons. The van der Waals surface area contributed by atoms with E-state index in [-0.39, 0.29) is 28.6 Å². The van der Waals surface area contributed by atoms with E-state index < -0.39 is 0 Å². The molecule has 4 fully saturated rings. The van der Waals surface area contributed by atoms with E-state index in [0.29, 0.717) is 29.5 Å². The molecule has 0 amide bonds. The highest BCUT2D eigenvalue weighted by molar-refractivity contribution is 5.80. The summed E-state index contributed by atoms with van der Waals surface area (Å²) in [7, 11) is 0. The van der Waals surface area contributed by atoms with E-state index >= 15 is 0 Å². The minimum Gasteiger partial charge on any atom is -0.393 e. The van der Waals surface area contributed by atoms with Crippen LogP contribution in [0.15, 0.2) is 0 Å². The molecular weight excluding hydrogens is 300 g/mol. The third-order valence-corrected chi connectivity index (χ3v) is 9.08. The molecule has 3 heteroatoms. The normalized spacial score (nSPS) is 53.9. The molecule has 4 aliphatic rings. The molecule has 4 rings (SSSR count). The molecule has 3 nitrogen and oxygen atoms in total. The second-order valence-electron chi connectivity index (χ2n) is 9.76. The fourth-order valence-corrected chi connectivity index (χ4v) is 7.67. The summed E-state index contributed by atoms with van der Waals surface area (Å²) < 4.78 is 0. The quantitative estimate of drug-likeness (QED) is 0.795. The first-order valence-corrected chi connectivity index (χ1v) is 9.98. The number of carbonyl (C=O) groups is 2. The van der Waals surface area contributed by atoms with Crippen molar-refractivity contribution in [2.24, 2.45) is 40.4 Å². The first kappa shape index (κ1) is 16.8. The van der Waals surface area contributed by atoms with Crippen molar-refractivity contribution in [3.05, 3.63) is 0 Å². The van der Waals surface area contributed by atoms with Gasteiger partial charge in [0.25, 0.3) is 0 Å². The van der Waals surface area contributed by atoms with Crippen molar-refractivity contribution >= 4 is 11.6 Å². The van der Waals surface area contributed by atoms with Gasteiger partial charge >= 0.3 is 0 Å². The fraction of sp³-hybridized carbons (Fsp3) is 0.905. The highest BCUT2D eigenvalue weighted by Gasteiger charge is 2.63. The van der Waals surface area contributed by atoms with Gasteiger partial charge in [-0.15, -0.1) is 0 Å². The lowest BCUT2D eigenvalue weighted by Gasteiger charge is -2.61. The van der Waals surface area contributed by atoms with E-state index in [0.717, 1.165) is 44.9 Å². The number of Topliss-reactive ketones (excluding diaryl/α,β-unsaturated/α-hetero) is 2. The molecule has 0 bridgehead atoms. The molecule has 8 atom stereocenters. The van der Waals surface area contributed by atoms with Gasteiger partial charge in [0.05, 0.1) is 6.10 Å². The Bertz CT molecular complexity index is 569.